The number of aromatic nitrogens is 1. The summed E-state index contributed by atoms with van der Waals surface area (Å²) in [5.74, 6) is 1.49. The molecule has 4 nitrogen and oxygen atoms in total. The van der Waals surface area contributed by atoms with E-state index in [4.69, 9.17) is 9.98 Å². The molecule has 0 saturated heterocycles. The standard InChI is InChI=1S/C63H52N4/c1-3-58(50-33-19-8-20-34-50)63(44-46-25-11-4-12-26-46,45-65-62(52-37-23-10-24-38-52)66-61(64-2)51-35-21-9-22-36-51)67-59-40-39-53(47-27-13-5-14-28-47)41-56(59)57-43-54(48-29-15-6-16-30-48)42-55(60(57)67)49-31-17-7-18-32-49/h3-43H,44-45H2,1-2H3,(H,64,65,66). The molecule has 0 bridgehead atoms. The van der Waals surface area contributed by atoms with E-state index in [0.29, 0.717) is 13.0 Å². The fourth-order valence-electron chi connectivity index (χ4n) is 9.77. The summed E-state index contributed by atoms with van der Waals surface area (Å²) in [7, 11) is 1.83. The van der Waals surface area contributed by atoms with Crippen LogP contribution in [-0.4, -0.2) is 29.8 Å². The third kappa shape index (κ3) is 8.66. The van der Waals surface area contributed by atoms with Gasteiger partial charge in [0.15, 0.2) is 0 Å². The summed E-state index contributed by atoms with van der Waals surface area (Å²) in [6, 6.07) is 86.9. The van der Waals surface area contributed by atoms with E-state index < -0.39 is 5.54 Å². The Bertz CT molecular complexity index is 3340. The van der Waals surface area contributed by atoms with Gasteiger partial charge in [-0.1, -0.05) is 224 Å². The fourth-order valence-corrected chi connectivity index (χ4v) is 9.77. The lowest BCUT2D eigenvalue weighted by Crippen LogP contribution is -2.42. The first-order chi connectivity index (χ1) is 33.1. The minimum absolute atomic E-state index is 0.382. The van der Waals surface area contributed by atoms with Crippen LogP contribution >= 0.6 is 0 Å². The number of hydrogen-bond acceptors (Lipinski definition) is 2. The van der Waals surface area contributed by atoms with Crippen molar-refractivity contribution in [3.05, 3.63) is 271 Å². The van der Waals surface area contributed by atoms with Gasteiger partial charge in [0.2, 0.25) is 0 Å². The summed E-state index contributed by atoms with van der Waals surface area (Å²) >= 11 is 0. The summed E-state index contributed by atoms with van der Waals surface area (Å²) < 4.78 is 2.66. The highest BCUT2D eigenvalue weighted by atomic mass is 15.1. The van der Waals surface area contributed by atoms with E-state index in [9.17, 15) is 0 Å². The zero-order valence-electron chi connectivity index (χ0n) is 37.9. The average Bonchev–Trinajstić information content (AvgIpc) is 3.74. The molecule has 10 rings (SSSR count). The molecule has 1 atom stereocenters. The predicted octanol–water partition coefficient (Wildman–Crippen LogP) is 14.9. The van der Waals surface area contributed by atoms with Crippen molar-refractivity contribution in [1.82, 2.24) is 9.88 Å². The summed E-state index contributed by atoms with van der Waals surface area (Å²) in [4.78, 5) is 10.6. The highest BCUT2D eigenvalue weighted by molar-refractivity contribution is 6.17. The summed E-state index contributed by atoms with van der Waals surface area (Å²) in [6.07, 6.45) is 2.97. The number of rotatable bonds is 12. The van der Waals surface area contributed by atoms with Crippen LogP contribution in [0.25, 0.3) is 60.8 Å². The van der Waals surface area contributed by atoms with Crippen LogP contribution in [0.3, 0.4) is 0 Å². The minimum Gasteiger partial charge on any atom is -0.327 e. The van der Waals surface area contributed by atoms with Crippen LogP contribution in [0, 0.1) is 0 Å². The van der Waals surface area contributed by atoms with E-state index in [1.54, 1.807) is 0 Å². The number of amidine groups is 2. The second-order valence-corrected chi connectivity index (χ2v) is 16.9. The maximum absolute atomic E-state index is 5.84. The molecule has 0 aliphatic heterocycles. The van der Waals surface area contributed by atoms with Gasteiger partial charge in [0, 0.05) is 40.9 Å². The Kier molecular flexibility index (Phi) is 12.3. The highest BCUT2D eigenvalue weighted by Crippen LogP contribution is 2.48. The molecule has 1 heterocycles. The highest BCUT2D eigenvalue weighted by Gasteiger charge is 2.40. The van der Waals surface area contributed by atoms with E-state index >= 15 is 0 Å². The SMILES string of the molecule is CC=C(c1ccccc1)C(CN=C(NC(=NC)c1ccccc1)c1ccccc1)(Cc1ccccc1)n1c2ccc(-c3ccccc3)cc2c2cc(-c3ccccc3)cc(-c3ccccc3)c21. The van der Waals surface area contributed by atoms with Crippen LogP contribution in [0.2, 0.25) is 0 Å². The van der Waals surface area contributed by atoms with Crippen molar-refractivity contribution in [1.29, 1.82) is 0 Å². The van der Waals surface area contributed by atoms with Crippen molar-refractivity contribution < 1.29 is 0 Å². The van der Waals surface area contributed by atoms with Crippen molar-refractivity contribution in [2.75, 3.05) is 13.6 Å². The molecule has 1 unspecified atom stereocenters. The number of benzene rings is 9. The molecule has 0 spiro atoms. The van der Waals surface area contributed by atoms with Crippen molar-refractivity contribution in [3.63, 3.8) is 0 Å². The maximum atomic E-state index is 5.84. The number of aliphatic imine (C=N–C) groups is 2. The third-order valence-electron chi connectivity index (χ3n) is 12.9. The van der Waals surface area contributed by atoms with Gasteiger partial charge in [-0.2, -0.15) is 0 Å². The maximum Gasteiger partial charge on any atom is 0.133 e. The van der Waals surface area contributed by atoms with Crippen molar-refractivity contribution in [3.8, 4) is 33.4 Å². The van der Waals surface area contributed by atoms with Gasteiger partial charge in [0.05, 0.1) is 23.1 Å². The van der Waals surface area contributed by atoms with Gasteiger partial charge in [-0.25, -0.2) is 0 Å². The lowest BCUT2D eigenvalue weighted by atomic mass is 9.78. The Morgan fingerprint density at radius 3 is 1.51 bits per heavy atom. The fraction of sp³-hybridized carbons (Fsp3) is 0.0794. The van der Waals surface area contributed by atoms with E-state index in [-0.39, 0.29) is 0 Å². The molecule has 1 aromatic heterocycles. The Morgan fingerprint density at radius 2 is 0.955 bits per heavy atom. The van der Waals surface area contributed by atoms with Gasteiger partial charge in [-0.3, -0.25) is 9.98 Å². The molecule has 0 fully saturated rings. The summed E-state index contributed by atoms with van der Waals surface area (Å²) in [5, 5.41) is 6.12. The molecule has 10 aromatic rings. The zero-order chi connectivity index (χ0) is 45.4. The van der Waals surface area contributed by atoms with Gasteiger partial charge in [-0.15, -0.1) is 0 Å². The van der Waals surface area contributed by atoms with E-state index in [2.05, 4.69) is 247 Å². The second-order valence-electron chi connectivity index (χ2n) is 16.9. The predicted molar refractivity (Wildman–Crippen MR) is 284 cm³/mol. The number of nitrogens with one attached hydrogen (secondary N) is 1. The smallest absolute Gasteiger partial charge is 0.133 e. The van der Waals surface area contributed by atoms with Gasteiger partial charge < -0.3 is 9.88 Å². The van der Waals surface area contributed by atoms with Crippen LogP contribution in [0.1, 0.15) is 29.2 Å². The number of hydrogen-bond donors (Lipinski definition) is 1. The lowest BCUT2D eigenvalue weighted by Gasteiger charge is -2.40. The minimum atomic E-state index is -0.804. The number of fused-ring (bicyclic) bond motifs is 3. The Hall–Kier alpha value is -8.34. The molecule has 9 aromatic carbocycles. The second kappa shape index (κ2) is 19.4. The van der Waals surface area contributed by atoms with Crippen LogP contribution in [0.5, 0.6) is 0 Å². The molecule has 0 radical (unpaired) electrons. The zero-order valence-corrected chi connectivity index (χ0v) is 37.9. The molecule has 0 amide bonds. The third-order valence-corrected chi connectivity index (χ3v) is 12.9. The van der Waals surface area contributed by atoms with Crippen molar-refractivity contribution in [2.45, 2.75) is 18.9 Å². The van der Waals surface area contributed by atoms with Crippen LogP contribution in [0.15, 0.2) is 259 Å². The molecular weight excluding hydrogens is 813 g/mol. The number of nitrogens with zero attached hydrogens (tertiary/aromatic N) is 3. The van der Waals surface area contributed by atoms with Gasteiger partial charge in [0.1, 0.15) is 11.7 Å². The first-order valence-electron chi connectivity index (χ1n) is 23.1. The van der Waals surface area contributed by atoms with Crippen molar-refractivity contribution in [2.24, 2.45) is 9.98 Å². The van der Waals surface area contributed by atoms with Crippen LogP contribution < -0.4 is 5.32 Å². The lowest BCUT2D eigenvalue weighted by molar-refractivity contribution is 0.418. The quantitative estimate of drug-likeness (QED) is 0.0965. The van der Waals surface area contributed by atoms with Gasteiger partial charge in [-0.05, 0) is 75.7 Å². The Morgan fingerprint density at radius 1 is 0.478 bits per heavy atom. The average molecular weight is 865 g/mol. The molecule has 67 heavy (non-hydrogen) atoms. The molecule has 0 aliphatic carbocycles. The van der Waals surface area contributed by atoms with E-state index in [1.807, 2.05) is 25.2 Å². The summed E-state index contributed by atoms with van der Waals surface area (Å²) in [6.45, 7) is 2.57. The normalized spacial score (nSPS) is 13.1. The Labute approximate surface area is 394 Å². The molecule has 0 saturated carbocycles. The van der Waals surface area contributed by atoms with E-state index in [0.717, 1.165) is 50.5 Å². The van der Waals surface area contributed by atoms with Gasteiger partial charge >= 0.3 is 0 Å². The molecule has 1 N–H and O–H groups in total. The molecule has 0 aliphatic rings. The first-order valence-corrected chi connectivity index (χ1v) is 23.1. The molecular formula is C63H52N4. The molecule has 324 valence electrons. The van der Waals surface area contributed by atoms with Crippen LogP contribution in [0.4, 0.5) is 0 Å². The monoisotopic (exact) mass is 864 g/mol. The van der Waals surface area contributed by atoms with E-state index in [1.165, 1.54) is 44.2 Å². The van der Waals surface area contributed by atoms with Gasteiger partial charge in [0.25, 0.3) is 0 Å². The number of allylic oxidation sites excluding steroid dienone is 1. The largest absolute Gasteiger partial charge is 0.327 e. The van der Waals surface area contributed by atoms with Crippen molar-refractivity contribution >= 4 is 39.1 Å². The topological polar surface area (TPSA) is 41.7 Å². The summed E-state index contributed by atoms with van der Waals surface area (Å²) in [5.41, 5.74) is 14.0. The molecule has 4 heteroatoms. The first kappa shape index (κ1) is 42.6. The van der Waals surface area contributed by atoms with Crippen LogP contribution in [-0.2, 0) is 12.0 Å². The Balaban J connectivity index is 1.35.